The normalized spacial score (nSPS) is 15.4. The minimum absolute atomic E-state index is 0.0107. The predicted molar refractivity (Wildman–Crippen MR) is 109 cm³/mol. The van der Waals surface area contributed by atoms with E-state index in [1.165, 1.54) is 6.07 Å². The van der Waals surface area contributed by atoms with Gasteiger partial charge in [-0.15, -0.1) is 0 Å². The van der Waals surface area contributed by atoms with Crippen molar-refractivity contribution in [3.63, 3.8) is 0 Å². The summed E-state index contributed by atoms with van der Waals surface area (Å²) in [4.78, 5) is 18.1. The zero-order valence-corrected chi connectivity index (χ0v) is 16.8. The predicted octanol–water partition coefficient (Wildman–Crippen LogP) is 4.32. The van der Waals surface area contributed by atoms with Crippen molar-refractivity contribution in [3.05, 3.63) is 59.2 Å². The maximum Gasteiger partial charge on any atom is 0.352 e. The number of carbonyl (C=O) groups is 1. The maximum atomic E-state index is 14.5. The third kappa shape index (κ3) is 3.35. The summed E-state index contributed by atoms with van der Waals surface area (Å²) in [6, 6.07) is 8.72. The minimum atomic E-state index is -3.76. The van der Waals surface area contributed by atoms with Gasteiger partial charge in [-0.3, -0.25) is 9.69 Å². The monoisotopic (exact) mass is 416 g/mol. The van der Waals surface area contributed by atoms with Gasteiger partial charge in [-0.25, -0.2) is 9.37 Å². The van der Waals surface area contributed by atoms with Gasteiger partial charge in [0.2, 0.25) is 0 Å². The van der Waals surface area contributed by atoms with Crippen molar-refractivity contribution < 1.29 is 18.0 Å². The molecule has 8 heteroatoms. The fourth-order valence-corrected chi connectivity index (χ4v) is 3.80. The molecule has 3 aromatic rings. The first-order valence-electron chi connectivity index (χ1n) is 9.90. The average Bonchev–Trinajstić information content (AvgIpc) is 3.13. The number of carbonyl (C=O) groups excluding carboxylic acids is 1. The number of hydrogen-bond acceptors (Lipinski definition) is 3. The van der Waals surface area contributed by atoms with E-state index in [1.807, 2.05) is 22.8 Å². The van der Waals surface area contributed by atoms with Crippen LogP contribution in [-0.4, -0.2) is 15.5 Å². The molecule has 0 unspecified atom stereocenters. The number of aromatic nitrogens is 2. The van der Waals surface area contributed by atoms with Crippen LogP contribution >= 0.6 is 0 Å². The Bertz CT molecular complexity index is 1120. The molecule has 1 aliphatic heterocycles. The summed E-state index contributed by atoms with van der Waals surface area (Å²) in [5, 5.41) is 0. The first-order valence-corrected chi connectivity index (χ1v) is 9.90. The molecule has 0 fully saturated rings. The van der Waals surface area contributed by atoms with E-state index in [0.717, 1.165) is 34.5 Å². The van der Waals surface area contributed by atoms with Gasteiger partial charge in [0.15, 0.2) is 0 Å². The van der Waals surface area contributed by atoms with Crippen LogP contribution in [0.3, 0.4) is 0 Å². The molecule has 1 amide bonds. The topological polar surface area (TPSA) is 64.2 Å². The van der Waals surface area contributed by atoms with Gasteiger partial charge in [0.05, 0.1) is 28.8 Å². The second kappa shape index (κ2) is 7.43. The Morgan fingerprint density at radius 1 is 1.17 bits per heavy atom. The van der Waals surface area contributed by atoms with E-state index in [1.54, 1.807) is 0 Å². The van der Waals surface area contributed by atoms with Gasteiger partial charge in [0.25, 0.3) is 0 Å². The number of nitrogens with zero attached hydrogens (tertiary/aromatic N) is 3. The quantitative estimate of drug-likeness (QED) is 0.651. The highest BCUT2D eigenvalue weighted by Gasteiger charge is 2.53. The summed E-state index contributed by atoms with van der Waals surface area (Å²) >= 11 is 0. The van der Waals surface area contributed by atoms with Crippen LogP contribution in [0.2, 0.25) is 0 Å². The number of benzene rings is 2. The number of amides is 1. The molecule has 5 nitrogen and oxygen atoms in total. The van der Waals surface area contributed by atoms with E-state index in [2.05, 4.69) is 18.8 Å². The van der Waals surface area contributed by atoms with Crippen molar-refractivity contribution in [3.8, 4) is 0 Å². The van der Waals surface area contributed by atoms with Crippen LogP contribution in [0.5, 0.6) is 0 Å². The lowest BCUT2D eigenvalue weighted by Crippen LogP contribution is -2.35. The Morgan fingerprint density at radius 2 is 1.93 bits per heavy atom. The molecule has 1 aromatic heterocycles. The number of anilines is 1. The van der Waals surface area contributed by atoms with Gasteiger partial charge in [0, 0.05) is 13.1 Å². The standard InChI is InChI=1S/C22H23F3N4O/c1-13(2)7-8-28-19-5-3-14(11-26)9-17(19)27-20(28)12-29-18-6-4-15(23)10-16(18)22(24,25)21(29)30/h3-6,9-10,13H,7-8,11-12,26H2,1-2H3. The third-order valence-electron chi connectivity index (χ3n) is 5.46. The summed E-state index contributed by atoms with van der Waals surface area (Å²) in [7, 11) is 0. The highest BCUT2D eigenvalue weighted by Crippen LogP contribution is 2.45. The lowest BCUT2D eigenvalue weighted by atomic mass is 10.1. The van der Waals surface area contributed by atoms with Crippen LogP contribution in [-0.2, 0) is 30.4 Å². The van der Waals surface area contributed by atoms with Crippen molar-refractivity contribution in [2.24, 2.45) is 11.7 Å². The van der Waals surface area contributed by atoms with Crippen LogP contribution in [0.25, 0.3) is 11.0 Å². The summed E-state index contributed by atoms with van der Waals surface area (Å²) in [6.07, 6.45) is 0.864. The Kier molecular flexibility index (Phi) is 5.05. The van der Waals surface area contributed by atoms with Crippen LogP contribution in [0.1, 0.15) is 37.2 Å². The molecule has 0 spiro atoms. The molecule has 158 valence electrons. The van der Waals surface area contributed by atoms with Gasteiger partial charge in [-0.2, -0.15) is 8.78 Å². The minimum Gasteiger partial charge on any atom is -0.326 e. The Hall–Kier alpha value is -2.87. The lowest BCUT2D eigenvalue weighted by Gasteiger charge is -2.18. The number of fused-ring (bicyclic) bond motifs is 2. The first-order chi connectivity index (χ1) is 14.2. The van der Waals surface area contributed by atoms with E-state index < -0.39 is 23.2 Å². The average molecular weight is 416 g/mol. The second-order valence-electron chi connectivity index (χ2n) is 8.02. The van der Waals surface area contributed by atoms with E-state index in [-0.39, 0.29) is 12.2 Å². The largest absolute Gasteiger partial charge is 0.352 e. The molecular weight excluding hydrogens is 393 g/mol. The molecule has 4 rings (SSSR count). The second-order valence-corrected chi connectivity index (χ2v) is 8.02. The molecule has 0 radical (unpaired) electrons. The molecule has 2 aromatic carbocycles. The van der Waals surface area contributed by atoms with E-state index >= 15 is 0 Å². The van der Waals surface area contributed by atoms with Crippen LogP contribution in [0, 0.1) is 11.7 Å². The highest BCUT2D eigenvalue weighted by atomic mass is 19.3. The van der Waals surface area contributed by atoms with E-state index in [0.29, 0.717) is 30.3 Å². The number of aryl methyl sites for hydroxylation is 1. The van der Waals surface area contributed by atoms with Gasteiger partial charge in [-0.1, -0.05) is 19.9 Å². The Balaban J connectivity index is 1.78. The summed E-state index contributed by atoms with van der Waals surface area (Å²) in [5.41, 5.74) is 7.60. The maximum absolute atomic E-state index is 14.5. The highest BCUT2D eigenvalue weighted by molar-refractivity contribution is 6.05. The fourth-order valence-electron chi connectivity index (χ4n) is 3.80. The molecular formula is C22H23F3N4O. The van der Waals surface area contributed by atoms with Crippen molar-refractivity contribution >= 4 is 22.6 Å². The molecule has 2 N–H and O–H groups in total. The summed E-state index contributed by atoms with van der Waals surface area (Å²) in [6.45, 7) is 5.07. The summed E-state index contributed by atoms with van der Waals surface area (Å²) < 4.78 is 44.6. The third-order valence-corrected chi connectivity index (χ3v) is 5.46. The molecule has 0 saturated heterocycles. The van der Waals surface area contributed by atoms with Crippen molar-refractivity contribution in [2.45, 2.75) is 45.8 Å². The van der Waals surface area contributed by atoms with Crippen molar-refractivity contribution in [1.82, 2.24) is 9.55 Å². The number of alkyl halides is 2. The molecule has 0 aliphatic carbocycles. The zero-order valence-electron chi connectivity index (χ0n) is 16.8. The van der Waals surface area contributed by atoms with Gasteiger partial charge in [0.1, 0.15) is 11.6 Å². The molecule has 30 heavy (non-hydrogen) atoms. The number of halogens is 3. The first kappa shape index (κ1) is 20.4. The van der Waals surface area contributed by atoms with Gasteiger partial charge in [-0.05, 0) is 48.2 Å². The number of nitrogens with two attached hydrogens (primary N) is 1. The molecule has 0 saturated carbocycles. The van der Waals surface area contributed by atoms with Crippen LogP contribution < -0.4 is 10.6 Å². The number of imidazole rings is 1. The Labute approximate surface area is 172 Å². The number of rotatable bonds is 6. The number of hydrogen-bond donors (Lipinski definition) is 1. The molecule has 0 bridgehead atoms. The van der Waals surface area contributed by atoms with E-state index in [9.17, 15) is 18.0 Å². The van der Waals surface area contributed by atoms with E-state index in [4.69, 9.17) is 5.73 Å². The molecule has 1 aliphatic rings. The van der Waals surface area contributed by atoms with Crippen LogP contribution in [0.4, 0.5) is 18.9 Å². The lowest BCUT2D eigenvalue weighted by molar-refractivity contribution is -0.141. The Morgan fingerprint density at radius 3 is 2.63 bits per heavy atom. The van der Waals surface area contributed by atoms with Gasteiger partial charge < -0.3 is 10.3 Å². The van der Waals surface area contributed by atoms with Gasteiger partial charge >= 0.3 is 11.8 Å². The van der Waals surface area contributed by atoms with Crippen LogP contribution in [0.15, 0.2) is 36.4 Å². The molecule has 0 atom stereocenters. The molecule has 2 heterocycles. The fraction of sp³-hybridized carbons (Fsp3) is 0.364. The smallest absolute Gasteiger partial charge is 0.326 e. The van der Waals surface area contributed by atoms with Crippen molar-refractivity contribution in [1.29, 1.82) is 0 Å². The SMILES string of the molecule is CC(C)CCn1c(CN2C(=O)C(F)(F)c3cc(F)ccc32)nc2cc(CN)ccc21. The zero-order chi connectivity index (χ0) is 21.6. The summed E-state index contributed by atoms with van der Waals surface area (Å²) in [5.74, 6) is -5.00. The van der Waals surface area contributed by atoms with Crippen molar-refractivity contribution in [2.75, 3.05) is 4.90 Å².